The molecule has 1 saturated heterocycles. The molecule has 0 N–H and O–H groups in total. The molecule has 0 atom stereocenters. The molecule has 106 valence electrons. The lowest BCUT2D eigenvalue weighted by molar-refractivity contribution is 0.0797. The average molecular weight is 317 g/mol. The zero-order valence-corrected chi connectivity index (χ0v) is 12.9. The number of likely N-dealkylation sites (tertiary alicyclic amines) is 1. The van der Waals surface area contributed by atoms with Crippen LogP contribution in [0.1, 0.15) is 33.1 Å². The minimum absolute atomic E-state index is 0.0737. The van der Waals surface area contributed by atoms with E-state index in [-0.39, 0.29) is 5.91 Å². The van der Waals surface area contributed by atoms with Crippen molar-refractivity contribution in [1.82, 2.24) is 9.88 Å². The molecular formula is C16H13ClN2OS. The third kappa shape index (κ3) is 3.44. The first kappa shape index (κ1) is 14.1. The molecule has 2 aromatic rings. The van der Waals surface area contributed by atoms with Gasteiger partial charge in [-0.25, -0.2) is 4.98 Å². The minimum Gasteiger partial charge on any atom is -0.338 e. The summed E-state index contributed by atoms with van der Waals surface area (Å²) in [4.78, 5) is 19.0. The van der Waals surface area contributed by atoms with Gasteiger partial charge in [0.2, 0.25) is 0 Å². The van der Waals surface area contributed by atoms with Crippen molar-refractivity contribution < 1.29 is 4.79 Å². The number of hydrogen-bond donors (Lipinski definition) is 0. The van der Waals surface area contributed by atoms with E-state index in [4.69, 9.17) is 11.6 Å². The third-order valence-corrected chi connectivity index (χ3v) is 4.42. The minimum atomic E-state index is 0.0737. The van der Waals surface area contributed by atoms with Crippen LogP contribution in [0.3, 0.4) is 0 Å². The van der Waals surface area contributed by atoms with E-state index in [1.165, 1.54) is 11.3 Å². The number of benzene rings is 1. The Morgan fingerprint density at radius 2 is 1.90 bits per heavy atom. The summed E-state index contributed by atoms with van der Waals surface area (Å²) in [6, 6.07) is 7.32. The van der Waals surface area contributed by atoms with Crippen molar-refractivity contribution in [1.29, 1.82) is 0 Å². The highest BCUT2D eigenvalue weighted by Gasteiger charge is 2.21. The van der Waals surface area contributed by atoms with E-state index >= 15 is 0 Å². The molecule has 1 aliphatic rings. The Morgan fingerprint density at radius 1 is 1.19 bits per heavy atom. The van der Waals surface area contributed by atoms with Gasteiger partial charge in [-0.2, -0.15) is 0 Å². The molecular weight excluding hydrogens is 304 g/mol. The molecule has 21 heavy (non-hydrogen) atoms. The normalized spacial score (nSPS) is 13.9. The van der Waals surface area contributed by atoms with Crippen molar-refractivity contribution in [2.45, 2.75) is 12.8 Å². The maximum Gasteiger partial charge on any atom is 0.265 e. The second-order valence-electron chi connectivity index (χ2n) is 4.79. The van der Waals surface area contributed by atoms with Crippen molar-refractivity contribution in [3.8, 4) is 11.8 Å². The SMILES string of the molecule is O=C(c1cnc(C#Cc2ccc(Cl)cc2)s1)N1CCCC1. The lowest BCUT2D eigenvalue weighted by atomic mass is 10.2. The van der Waals surface area contributed by atoms with E-state index in [1.54, 1.807) is 18.3 Å². The molecule has 3 rings (SSSR count). The van der Waals surface area contributed by atoms with Gasteiger partial charge in [-0.15, -0.1) is 11.3 Å². The van der Waals surface area contributed by atoms with Crippen LogP contribution in [0.4, 0.5) is 0 Å². The fourth-order valence-electron chi connectivity index (χ4n) is 2.17. The van der Waals surface area contributed by atoms with Crippen molar-refractivity contribution in [2.75, 3.05) is 13.1 Å². The molecule has 0 saturated carbocycles. The second kappa shape index (κ2) is 6.30. The first-order valence-electron chi connectivity index (χ1n) is 6.75. The molecule has 5 heteroatoms. The van der Waals surface area contributed by atoms with Gasteiger partial charge in [0.25, 0.3) is 5.91 Å². The molecule has 1 aliphatic heterocycles. The van der Waals surface area contributed by atoms with Crippen molar-refractivity contribution >= 4 is 28.8 Å². The topological polar surface area (TPSA) is 33.2 Å². The van der Waals surface area contributed by atoms with Gasteiger partial charge >= 0.3 is 0 Å². The standard InChI is InChI=1S/C16H13ClN2OS/c17-13-6-3-12(4-7-13)5-8-15-18-11-14(21-15)16(20)19-9-1-2-10-19/h3-4,6-7,11H,1-2,9-10H2. The van der Waals surface area contributed by atoms with Gasteiger partial charge in [0.05, 0.1) is 6.20 Å². The number of nitrogens with zero attached hydrogens (tertiary/aromatic N) is 2. The van der Waals surface area contributed by atoms with Crippen LogP contribution in [-0.4, -0.2) is 28.9 Å². The molecule has 0 radical (unpaired) electrons. The summed E-state index contributed by atoms with van der Waals surface area (Å²) in [7, 11) is 0. The Labute approximate surface area is 132 Å². The highest BCUT2D eigenvalue weighted by Crippen LogP contribution is 2.18. The zero-order chi connectivity index (χ0) is 14.7. The molecule has 0 unspecified atom stereocenters. The monoisotopic (exact) mass is 316 g/mol. The summed E-state index contributed by atoms with van der Waals surface area (Å²) in [6.45, 7) is 1.70. The Morgan fingerprint density at radius 3 is 2.62 bits per heavy atom. The molecule has 2 heterocycles. The van der Waals surface area contributed by atoms with Gasteiger partial charge < -0.3 is 4.90 Å². The summed E-state index contributed by atoms with van der Waals surface area (Å²) in [5.74, 6) is 6.09. The molecule has 3 nitrogen and oxygen atoms in total. The van der Waals surface area contributed by atoms with E-state index < -0.39 is 0 Å². The van der Waals surface area contributed by atoms with E-state index in [9.17, 15) is 4.79 Å². The molecule has 1 fully saturated rings. The van der Waals surface area contributed by atoms with E-state index in [0.29, 0.717) is 14.9 Å². The van der Waals surface area contributed by atoms with Gasteiger partial charge in [0, 0.05) is 23.7 Å². The van der Waals surface area contributed by atoms with Gasteiger partial charge in [-0.05, 0) is 43.0 Å². The van der Waals surface area contributed by atoms with Crippen LogP contribution >= 0.6 is 22.9 Å². The lowest BCUT2D eigenvalue weighted by Crippen LogP contribution is -2.26. The van der Waals surface area contributed by atoms with Gasteiger partial charge in [0.1, 0.15) is 4.88 Å². The van der Waals surface area contributed by atoms with Crippen molar-refractivity contribution in [3.63, 3.8) is 0 Å². The zero-order valence-electron chi connectivity index (χ0n) is 11.3. The predicted molar refractivity (Wildman–Crippen MR) is 84.7 cm³/mol. The maximum absolute atomic E-state index is 12.2. The maximum atomic E-state index is 12.2. The fourth-order valence-corrected chi connectivity index (χ4v) is 3.03. The molecule has 1 amide bonds. The Hall–Kier alpha value is -1.83. The van der Waals surface area contributed by atoms with E-state index in [0.717, 1.165) is 31.5 Å². The number of amides is 1. The van der Waals surface area contributed by atoms with E-state index in [1.807, 2.05) is 17.0 Å². The number of hydrogen-bond acceptors (Lipinski definition) is 3. The largest absolute Gasteiger partial charge is 0.338 e. The molecule has 1 aromatic heterocycles. The van der Waals surface area contributed by atoms with Crippen LogP contribution in [0.15, 0.2) is 30.5 Å². The summed E-state index contributed by atoms with van der Waals surface area (Å²) < 4.78 is 0. The first-order chi connectivity index (χ1) is 10.2. The first-order valence-corrected chi connectivity index (χ1v) is 7.94. The van der Waals surface area contributed by atoms with Crippen LogP contribution in [0.25, 0.3) is 0 Å². The summed E-state index contributed by atoms with van der Waals surface area (Å²) in [5, 5.41) is 1.35. The predicted octanol–water partition coefficient (Wildman–Crippen LogP) is 3.43. The quantitative estimate of drug-likeness (QED) is 0.755. The molecule has 0 spiro atoms. The van der Waals surface area contributed by atoms with Crippen LogP contribution in [0.5, 0.6) is 0 Å². The third-order valence-electron chi connectivity index (χ3n) is 3.27. The van der Waals surface area contributed by atoms with Gasteiger partial charge in [-0.1, -0.05) is 17.5 Å². The smallest absolute Gasteiger partial charge is 0.265 e. The highest BCUT2D eigenvalue weighted by atomic mass is 35.5. The number of halogens is 1. The van der Waals surface area contributed by atoms with Crippen molar-refractivity contribution in [3.05, 3.63) is 50.9 Å². The molecule has 0 bridgehead atoms. The molecule has 1 aromatic carbocycles. The number of thiazole rings is 1. The Bertz CT molecular complexity index is 706. The highest BCUT2D eigenvalue weighted by molar-refractivity contribution is 7.14. The van der Waals surface area contributed by atoms with Crippen LogP contribution in [0, 0.1) is 11.8 Å². The number of rotatable bonds is 1. The Kier molecular flexibility index (Phi) is 4.23. The van der Waals surface area contributed by atoms with E-state index in [2.05, 4.69) is 16.8 Å². The average Bonchev–Trinajstić information content (AvgIpc) is 3.18. The fraction of sp³-hybridized carbons (Fsp3) is 0.250. The van der Waals surface area contributed by atoms with Crippen LogP contribution < -0.4 is 0 Å². The number of carbonyl (C=O) groups excluding carboxylic acids is 1. The summed E-state index contributed by atoms with van der Waals surface area (Å²) >= 11 is 7.18. The lowest BCUT2D eigenvalue weighted by Gasteiger charge is -2.12. The van der Waals surface area contributed by atoms with Crippen molar-refractivity contribution in [2.24, 2.45) is 0 Å². The van der Waals surface area contributed by atoms with Crippen LogP contribution in [-0.2, 0) is 0 Å². The summed E-state index contributed by atoms with van der Waals surface area (Å²) in [6.07, 6.45) is 3.80. The Balaban J connectivity index is 1.73. The number of carbonyl (C=O) groups is 1. The second-order valence-corrected chi connectivity index (χ2v) is 6.25. The van der Waals surface area contributed by atoms with Gasteiger partial charge in [0.15, 0.2) is 5.01 Å². The van der Waals surface area contributed by atoms with Crippen LogP contribution in [0.2, 0.25) is 5.02 Å². The molecule has 0 aliphatic carbocycles. The van der Waals surface area contributed by atoms with Gasteiger partial charge in [-0.3, -0.25) is 4.79 Å². The number of aromatic nitrogens is 1. The summed E-state index contributed by atoms with van der Waals surface area (Å²) in [5.41, 5.74) is 0.877.